The number of ether oxygens (including phenoxy) is 1. The second-order valence-electron chi connectivity index (χ2n) is 7.05. The van der Waals surface area contributed by atoms with Crippen LogP contribution in [0.4, 0.5) is 15.2 Å². The normalized spacial score (nSPS) is 20.0. The van der Waals surface area contributed by atoms with E-state index in [1.54, 1.807) is 23.9 Å². The Morgan fingerprint density at radius 3 is 2.80 bits per heavy atom. The number of morpholine rings is 1. The third-order valence-corrected chi connectivity index (χ3v) is 6.96. The number of thioether (sulfide) groups is 1. The molecule has 0 aliphatic carbocycles. The van der Waals surface area contributed by atoms with Crippen LogP contribution in [0.3, 0.4) is 0 Å². The molecule has 0 unspecified atom stereocenters. The maximum atomic E-state index is 13.1. The van der Waals surface area contributed by atoms with Gasteiger partial charge >= 0.3 is 0 Å². The lowest BCUT2D eigenvalue weighted by Gasteiger charge is -2.25. The van der Waals surface area contributed by atoms with Gasteiger partial charge in [0.2, 0.25) is 16.9 Å². The number of anilines is 2. The van der Waals surface area contributed by atoms with Gasteiger partial charge in [-0.25, -0.2) is 4.39 Å². The van der Waals surface area contributed by atoms with E-state index in [4.69, 9.17) is 4.74 Å². The van der Waals surface area contributed by atoms with E-state index < -0.39 is 5.92 Å². The molecule has 1 N–H and O–H groups in total. The second-order valence-corrected chi connectivity index (χ2v) is 9.37. The minimum Gasteiger partial charge on any atom is -0.379 e. The van der Waals surface area contributed by atoms with Gasteiger partial charge in [0.05, 0.1) is 19.1 Å². The number of halogens is 1. The van der Waals surface area contributed by atoms with Gasteiger partial charge in [0, 0.05) is 44.0 Å². The van der Waals surface area contributed by atoms with Crippen LogP contribution < -0.4 is 10.2 Å². The maximum Gasteiger partial charge on any atom is 0.231 e. The van der Waals surface area contributed by atoms with E-state index in [0.717, 1.165) is 42.9 Å². The van der Waals surface area contributed by atoms with Gasteiger partial charge in [-0.15, -0.1) is 10.2 Å². The molecule has 0 radical (unpaired) electrons. The molecule has 2 aliphatic heterocycles. The Morgan fingerprint density at radius 1 is 1.27 bits per heavy atom. The molecule has 8 nitrogen and oxygen atoms in total. The minimum absolute atomic E-state index is 0.114. The van der Waals surface area contributed by atoms with Gasteiger partial charge in [0.15, 0.2) is 4.34 Å². The van der Waals surface area contributed by atoms with E-state index in [1.165, 1.54) is 28.4 Å². The van der Waals surface area contributed by atoms with Gasteiger partial charge < -0.3 is 15.0 Å². The van der Waals surface area contributed by atoms with Crippen LogP contribution >= 0.6 is 23.1 Å². The van der Waals surface area contributed by atoms with E-state index in [9.17, 15) is 14.0 Å². The predicted molar refractivity (Wildman–Crippen MR) is 113 cm³/mol. The molecule has 0 spiro atoms. The van der Waals surface area contributed by atoms with Crippen LogP contribution in [0, 0.1) is 11.7 Å². The smallest absolute Gasteiger partial charge is 0.231 e. The summed E-state index contributed by atoms with van der Waals surface area (Å²) >= 11 is 2.94. The number of nitrogens with one attached hydrogen (secondary N) is 1. The van der Waals surface area contributed by atoms with Crippen LogP contribution in [0.15, 0.2) is 28.6 Å². The first-order chi connectivity index (χ1) is 14.6. The molecule has 2 aromatic rings. The molecule has 160 valence electrons. The molecule has 30 heavy (non-hydrogen) atoms. The Balaban J connectivity index is 1.26. The topological polar surface area (TPSA) is 87.7 Å². The molecular weight excluding hydrogens is 429 g/mol. The number of benzene rings is 1. The van der Waals surface area contributed by atoms with Crippen LogP contribution in [0.5, 0.6) is 0 Å². The Bertz CT molecular complexity index is 889. The average molecular weight is 452 g/mol. The molecule has 2 amide bonds. The quantitative estimate of drug-likeness (QED) is 0.509. The molecule has 3 heterocycles. The van der Waals surface area contributed by atoms with Crippen molar-refractivity contribution < 1.29 is 18.7 Å². The van der Waals surface area contributed by atoms with Crippen molar-refractivity contribution in [2.24, 2.45) is 5.92 Å². The monoisotopic (exact) mass is 451 g/mol. The Morgan fingerprint density at radius 2 is 2.03 bits per heavy atom. The Labute approximate surface area is 181 Å². The first kappa shape index (κ1) is 21.2. The first-order valence-corrected chi connectivity index (χ1v) is 11.5. The number of hydrogen-bond donors (Lipinski definition) is 1. The van der Waals surface area contributed by atoms with E-state index in [-0.39, 0.29) is 30.6 Å². The molecule has 0 saturated carbocycles. The van der Waals surface area contributed by atoms with Gasteiger partial charge in [-0.1, -0.05) is 23.1 Å². The van der Waals surface area contributed by atoms with Crippen LogP contribution in [0.25, 0.3) is 0 Å². The molecular formula is C19H22FN5O3S2. The van der Waals surface area contributed by atoms with Crippen molar-refractivity contribution in [1.82, 2.24) is 15.1 Å². The molecule has 2 fully saturated rings. The van der Waals surface area contributed by atoms with E-state index in [2.05, 4.69) is 20.4 Å². The zero-order chi connectivity index (χ0) is 20.9. The summed E-state index contributed by atoms with van der Waals surface area (Å²) in [7, 11) is 0. The number of carbonyl (C=O) groups excluding carboxylic acids is 2. The molecule has 1 atom stereocenters. The van der Waals surface area contributed by atoms with Gasteiger partial charge in [-0.05, 0) is 24.3 Å². The summed E-state index contributed by atoms with van der Waals surface area (Å²) in [5.41, 5.74) is 0.589. The van der Waals surface area contributed by atoms with Crippen molar-refractivity contribution in [2.45, 2.75) is 10.8 Å². The summed E-state index contributed by atoms with van der Waals surface area (Å²) in [6, 6.07) is 5.68. The third-order valence-electron chi connectivity index (χ3n) is 5.01. The number of aromatic nitrogens is 2. The number of amides is 2. The molecule has 2 aliphatic rings. The number of carbonyl (C=O) groups is 2. The van der Waals surface area contributed by atoms with Crippen molar-refractivity contribution in [3.05, 3.63) is 30.1 Å². The van der Waals surface area contributed by atoms with Crippen molar-refractivity contribution in [3.8, 4) is 0 Å². The van der Waals surface area contributed by atoms with Crippen molar-refractivity contribution in [1.29, 1.82) is 0 Å². The molecule has 1 aromatic heterocycles. The average Bonchev–Trinajstić information content (AvgIpc) is 3.36. The number of nitrogens with zero attached hydrogens (tertiary/aromatic N) is 4. The highest BCUT2D eigenvalue weighted by molar-refractivity contribution is 8.01. The Hall–Kier alpha value is -2.08. The largest absolute Gasteiger partial charge is 0.379 e. The molecule has 4 rings (SSSR count). The van der Waals surface area contributed by atoms with Crippen LogP contribution in [0.2, 0.25) is 0 Å². The Kier molecular flexibility index (Phi) is 6.93. The standard InChI is InChI=1S/C19H22FN5O3S2/c20-14-1-3-15(4-2-14)25-12-13(11-16(25)26)17(27)21-18-22-23-19(30-18)29-10-7-24-5-8-28-9-6-24/h1-4,13H,5-12H2,(H,21,22,27)/t13-/m1/s1. The van der Waals surface area contributed by atoms with Crippen molar-refractivity contribution in [3.63, 3.8) is 0 Å². The van der Waals surface area contributed by atoms with E-state index >= 15 is 0 Å². The maximum absolute atomic E-state index is 13.1. The highest BCUT2D eigenvalue weighted by Gasteiger charge is 2.35. The minimum atomic E-state index is -0.483. The fourth-order valence-corrected chi connectivity index (χ4v) is 5.19. The zero-order valence-corrected chi connectivity index (χ0v) is 17.9. The van der Waals surface area contributed by atoms with Gasteiger partial charge in [-0.3, -0.25) is 14.5 Å². The fourth-order valence-electron chi connectivity index (χ4n) is 3.37. The molecule has 11 heteroatoms. The van der Waals surface area contributed by atoms with E-state index in [1.807, 2.05) is 0 Å². The highest BCUT2D eigenvalue weighted by atomic mass is 32.2. The summed E-state index contributed by atoms with van der Waals surface area (Å²) in [5, 5.41) is 11.4. The number of hydrogen-bond acceptors (Lipinski definition) is 8. The summed E-state index contributed by atoms with van der Waals surface area (Å²) < 4.78 is 19.2. The highest BCUT2D eigenvalue weighted by Crippen LogP contribution is 2.28. The molecule has 1 aromatic carbocycles. The van der Waals surface area contributed by atoms with Gasteiger partial charge in [0.1, 0.15) is 5.82 Å². The summed E-state index contributed by atoms with van der Waals surface area (Å²) in [6.07, 6.45) is 0.114. The summed E-state index contributed by atoms with van der Waals surface area (Å²) in [6.45, 7) is 4.68. The molecule has 0 bridgehead atoms. The molecule has 2 saturated heterocycles. The van der Waals surface area contributed by atoms with Crippen LogP contribution in [0.1, 0.15) is 6.42 Å². The lowest BCUT2D eigenvalue weighted by atomic mass is 10.1. The van der Waals surface area contributed by atoms with Crippen molar-refractivity contribution >= 4 is 45.7 Å². The summed E-state index contributed by atoms with van der Waals surface area (Å²) in [5.74, 6) is -0.363. The van der Waals surface area contributed by atoms with Crippen molar-refractivity contribution in [2.75, 3.05) is 55.4 Å². The summed E-state index contributed by atoms with van der Waals surface area (Å²) in [4.78, 5) is 28.7. The lowest BCUT2D eigenvalue weighted by Crippen LogP contribution is -2.37. The van der Waals surface area contributed by atoms with Crippen LogP contribution in [-0.2, 0) is 14.3 Å². The first-order valence-electron chi connectivity index (χ1n) is 9.72. The van der Waals surface area contributed by atoms with Gasteiger partial charge in [-0.2, -0.15) is 0 Å². The van der Waals surface area contributed by atoms with Gasteiger partial charge in [0.25, 0.3) is 0 Å². The van der Waals surface area contributed by atoms with Crippen LogP contribution in [-0.4, -0.2) is 72.1 Å². The van der Waals surface area contributed by atoms with E-state index in [0.29, 0.717) is 10.8 Å². The fraction of sp³-hybridized carbons (Fsp3) is 0.474. The number of rotatable bonds is 7. The third kappa shape index (κ3) is 5.34. The zero-order valence-electron chi connectivity index (χ0n) is 16.3. The second kappa shape index (κ2) is 9.82. The lowest BCUT2D eigenvalue weighted by molar-refractivity contribution is -0.122. The predicted octanol–water partition coefficient (Wildman–Crippen LogP) is 2.09. The SMILES string of the molecule is O=C(Nc1nnc(SCCN2CCOCC2)s1)[C@@H]1CC(=O)N(c2ccc(F)cc2)C1.